The molecular formula is C11H15N5S. The maximum absolute atomic E-state index is 5.48. The summed E-state index contributed by atoms with van der Waals surface area (Å²) in [5, 5.41) is 8.71. The standard InChI is InChI=1S/C11H15N5S/c1-2-5-16-8-13-6-9(16)7-17-11-4-3-10(12)14-15-11/h3-4,6,8H,2,5,7H2,1H3,(H2,12,14). The van der Waals surface area contributed by atoms with Crippen LogP contribution < -0.4 is 5.73 Å². The lowest BCUT2D eigenvalue weighted by atomic mass is 10.4. The predicted molar refractivity (Wildman–Crippen MR) is 68.5 cm³/mol. The molecule has 90 valence electrons. The molecule has 0 aliphatic carbocycles. The van der Waals surface area contributed by atoms with E-state index in [1.165, 1.54) is 5.69 Å². The van der Waals surface area contributed by atoms with Gasteiger partial charge in [-0.1, -0.05) is 18.7 Å². The summed E-state index contributed by atoms with van der Waals surface area (Å²) in [5.74, 6) is 1.30. The Hall–Kier alpha value is -1.56. The van der Waals surface area contributed by atoms with Crippen molar-refractivity contribution in [3.8, 4) is 0 Å². The van der Waals surface area contributed by atoms with E-state index in [2.05, 4.69) is 26.7 Å². The van der Waals surface area contributed by atoms with E-state index in [0.717, 1.165) is 23.7 Å². The first-order valence-electron chi connectivity index (χ1n) is 5.50. The van der Waals surface area contributed by atoms with E-state index >= 15 is 0 Å². The molecule has 0 saturated heterocycles. The summed E-state index contributed by atoms with van der Waals surface area (Å²) in [7, 11) is 0. The number of nitrogens with two attached hydrogens (primary N) is 1. The molecule has 2 aromatic rings. The molecule has 0 unspecified atom stereocenters. The second-order valence-electron chi connectivity index (χ2n) is 3.66. The summed E-state index contributed by atoms with van der Waals surface area (Å²) in [6.45, 7) is 3.16. The van der Waals surface area contributed by atoms with Crippen molar-refractivity contribution in [3.63, 3.8) is 0 Å². The molecule has 17 heavy (non-hydrogen) atoms. The van der Waals surface area contributed by atoms with Gasteiger partial charge in [0, 0.05) is 24.2 Å². The lowest BCUT2D eigenvalue weighted by Gasteiger charge is -2.05. The number of anilines is 1. The monoisotopic (exact) mass is 249 g/mol. The van der Waals surface area contributed by atoms with E-state index in [-0.39, 0.29) is 0 Å². The van der Waals surface area contributed by atoms with Crippen LogP contribution in [-0.4, -0.2) is 19.7 Å². The molecule has 2 aromatic heterocycles. The van der Waals surface area contributed by atoms with Gasteiger partial charge in [0.15, 0.2) is 0 Å². The van der Waals surface area contributed by atoms with E-state index in [0.29, 0.717) is 5.82 Å². The van der Waals surface area contributed by atoms with Crippen molar-refractivity contribution < 1.29 is 0 Å². The number of aromatic nitrogens is 4. The number of aryl methyl sites for hydroxylation is 1. The molecule has 0 bridgehead atoms. The fourth-order valence-electron chi connectivity index (χ4n) is 1.47. The third kappa shape index (κ3) is 3.20. The largest absolute Gasteiger partial charge is 0.382 e. The Morgan fingerprint density at radius 3 is 2.94 bits per heavy atom. The SMILES string of the molecule is CCCn1cncc1CSc1ccc(N)nn1. The fourth-order valence-corrected chi connectivity index (χ4v) is 2.26. The van der Waals surface area contributed by atoms with Crippen LogP contribution in [0.1, 0.15) is 19.0 Å². The third-order valence-corrected chi connectivity index (χ3v) is 3.25. The molecule has 6 heteroatoms. The summed E-state index contributed by atoms with van der Waals surface area (Å²) in [6.07, 6.45) is 4.87. The third-order valence-electron chi connectivity index (χ3n) is 2.29. The smallest absolute Gasteiger partial charge is 0.146 e. The van der Waals surface area contributed by atoms with Crippen molar-refractivity contribution in [2.24, 2.45) is 0 Å². The number of nitrogen functional groups attached to an aromatic ring is 1. The van der Waals surface area contributed by atoms with Gasteiger partial charge in [-0.3, -0.25) is 0 Å². The molecule has 2 N–H and O–H groups in total. The van der Waals surface area contributed by atoms with Crippen molar-refractivity contribution in [2.45, 2.75) is 30.7 Å². The zero-order valence-corrected chi connectivity index (χ0v) is 10.5. The first kappa shape index (κ1) is 11.9. The molecule has 0 saturated carbocycles. The average Bonchev–Trinajstić information content (AvgIpc) is 2.77. The summed E-state index contributed by atoms with van der Waals surface area (Å²) in [5.41, 5.74) is 6.69. The number of rotatable bonds is 5. The molecule has 0 aromatic carbocycles. The van der Waals surface area contributed by atoms with E-state index < -0.39 is 0 Å². The number of nitrogens with zero attached hydrogens (tertiary/aromatic N) is 4. The number of hydrogen-bond acceptors (Lipinski definition) is 5. The van der Waals surface area contributed by atoms with Crippen LogP contribution in [0.3, 0.4) is 0 Å². The van der Waals surface area contributed by atoms with Crippen molar-refractivity contribution in [2.75, 3.05) is 5.73 Å². The van der Waals surface area contributed by atoms with Gasteiger partial charge in [0.1, 0.15) is 10.8 Å². The predicted octanol–water partition coefficient (Wildman–Crippen LogP) is 1.96. The molecule has 2 rings (SSSR count). The molecule has 0 spiro atoms. The number of thioether (sulfide) groups is 1. The summed E-state index contributed by atoms with van der Waals surface area (Å²) in [4.78, 5) is 4.16. The Morgan fingerprint density at radius 2 is 2.24 bits per heavy atom. The minimum atomic E-state index is 0.449. The molecule has 0 radical (unpaired) electrons. The van der Waals surface area contributed by atoms with Crippen LogP contribution in [0.5, 0.6) is 0 Å². The molecule has 2 heterocycles. The van der Waals surface area contributed by atoms with Gasteiger partial charge in [-0.05, 0) is 18.6 Å². The van der Waals surface area contributed by atoms with Gasteiger partial charge >= 0.3 is 0 Å². The topological polar surface area (TPSA) is 69.6 Å². The maximum Gasteiger partial charge on any atom is 0.146 e. The Kier molecular flexibility index (Phi) is 3.98. The Balaban J connectivity index is 1.97. The summed E-state index contributed by atoms with van der Waals surface area (Å²) >= 11 is 1.64. The summed E-state index contributed by atoms with van der Waals surface area (Å²) < 4.78 is 2.16. The van der Waals surface area contributed by atoms with E-state index in [1.807, 2.05) is 18.6 Å². The van der Waals surface area contributed by atoms with Gasteiger partial charge in [0.2, 0.25) is 0 Å². The number of hydrogen-bond donors (Lipinski definition) is 1. The maximum atomic E-state index is 5.48. The molecule has 0 atom stereocenters. The van der Waals surface area contributed by atoms with Gasteiger partial charge < -0.3 is 10.3 Å². The molecule has 0 fully saturated rings. The minimum Gasteiger partial charge on any atom is -0.382 e. The summed E-state index contributed by atoms with van der Waals surface area (Å²) in [6, 6.07) is 3.65. The Bertz CT molecular complexity index is 465. The van der Waals surface area contributed by atoms with E-state index in [4.69, 9.17) is 5.73 Å². The average molecular weight is 249 g/mol. The zero-order valence-electron chi connectivity index (χ0n) is 9.71. The second-order valence-corrected chi connectivity index (χ2v) is 4.66. The lowest BCUT2D eigenvalue weighted by Crippen LogP contribution is -2.00. The molecule has 0 amide bonds. The van der Waals surface area contributed by atoms with Gasteiger partial charge in [0.05, 0.1) is 6.33 Å². The van der Waals surface area contributed by atoms with Crippen LogP contribution in [0, 0.1) is 0 Å². The van der Waals surface area contributed by atoms with Crippen LogP contribution in [0.2, 0.25) is 0 Å². The quantitative estimate of drug-likeness (QED) is 0.820. The minimum absolute atomic E-state index is 0.449. The Morgan fingerprint density at radius 1 is 1.35 bits per heavy atom. The van der Waals surface area contributed by atoms with Crippen molar-refractivity contribution in [1.82, 2.24) is 19.7 Å². The van der Waals surface area contributed by atoms with Crippen LogP contribution >= 0.6 is 11.8 Å². The Labute approximate surface area is 104 Å². The van der Waals surface area contributed by atoms with Crippen molar-refractivity contribution in [3.05, 3.63) is 30.4 Å². The van der Waals surface area contributed by atoms with Crippen LogP contribution in [0.4, 0.5) is 5.82 Å². The van der Waals surface area contributed by atoms with E-state index in [1.54, 1.807) is 17.8 Å². The van der Waals surface area contributed by atoms with Crippen LogP contribution in [-0.2, 0) is 12.3 Å². The van der Waals surface area contributed by atoms with E-state index in [9.17, 15) is 0 Å². The number of imidazole rings is 1. The highest BCUT2D eigenvalue weighted by molar-refractivity contribution is 7.98. The zero-order chi connectivity index (χ0) is 12.1. The highest BCUT2D eigenvalue weighted by atomic mass is 32.2. The highest BCUT2D eigenvalue weighted by Crippen LogP contribution is 2.20. The molecule has 5 nitrogen and oxygen atoms in total. The lowest BCUT2D eigenvalue weighted by molar-refractivity contribution is 0.659. The first-order valence-corrected chi connectivity index (χ1v) is 6.49. The first-order chi connectivity index (χ1) is 8.29. The van der Waals surface area contributed by atoms with Crippen molar-refractivity contribution in [1.29, 1.82) is 0 Å². The van der Waals surface area contributed by atoms with Crippen LogP contribution in [0.15, 0.2) is 29.7 Å². The van der Waals surface area contributed by atoms with Crippen molar-refractivity contribution >= 4 is 17.6 Å². The normalized spacial score (nSPS) is 10.6. The van der Waals surface area contributed by atoms with Gasteiger partial charge in [-0.2, -0.15) is 0 Å². The van der Waals surface area contributed by atoms with Gasteiger partial charge in [-0.15, -0.1) is 10.2 Å². The van der Waals surface area contributed by atoms with Crippen LogP contribution in [0.25, 0.3) is 0 Å². The fraction of sp³-hybridized carbons (Fsp3) is 0.364. The molecule has 0 aliphatic rings. The highest BCUT2D eigenvalue weighted by Gasteiger charge is 2.03. The van der Waals surface area contributed by atoms with Gasteiger partial charge in [0.25, 0.3) is 0 Å². The van der Waals surface area contributed by atoms with Gasteiger partial charge in [-0.25, -0.2) is 4.98 Å². The second kappa shape index (κ2) is 5.67. The molecular weight excluding hydrogens is 234 g/mol. The molecule has 0 aliphatic heterocycles.